The SMILES string of the molecule is O=C(O)C1(C#CBr)CCCCC1. The lowest BCUT2D eigenvalue weighted by Crippen LogP contribution is -2.31. The summed E-state index contributed by atoms with van der Waals surface area (Å²) in [6, 6.07) is 0. The van der Waals surface area contributed by atoms with Crippen molar-refractivity contribution in [2.24, 2.45) is 5.41 Å². The minimum Gasteiger partial charge on any atom is -0.480 e. The lowest BCUT2D eigenvalue weighted by molar-refractivity contribution is -0.146. The third kappa shape index (κ3) is 1.81. The molecule has 0 radical (unpaired) electrons. The molecule has 0 atom stereocenters. The van der Waals surface area contributed by atoms with Crippen molar-refractivity contribution in [2.45, 2.75) is 32.1 Å². The van der Waals surface area contributed by atoms with E-state index in [9.17, 15) is 4.79 Å². The van der Waals surface area contributed by atoms with Crippen LogP contribution in [0.1, 0.15) is 32.1 Å². The van der Waals surface area contributed by atoms with E-state index in [4.69, 9.17) is 5.11 Å². The van der Waals surface area contributed by atoms with Gasteiger partial charge in [0.2, 0.25) is 0 Å². The summed E-state index contributed by atoms with van der Waals surface area (Å²) in [5.74, 6) is 2.00. The van der Waals surface area contributed by atoms with Crippen LogP contribution >= 0.6 is 15.9 Å². The quantitative estimate of drug-likeness (QED) is 0.703. The maximum absolute atomic E-state index is 10.9. The van der Waals surface area contributed by atoms with Gasteiger partial charge in [0.05, 0.1) is 0 Å². The molecule has 0 aromatic carbocycles. The number of carbonyl (C=O) groups is 1. The highest BCUT2D eigenvalue weighted by molar-refractivity contribution is 9.12. The Morgan fingerprint density at radius 3 is 2.33 bits per heavy atom. The van der Waals surface area contributed by atoms with E-state index in [0.29, 0.717) is 12.8 Å². The van der Waals surface area contributed by atoms with Crippen LogP contribution in [0.3, 0.4) is 0 Å². The van der Waals surface area contributed by atoms with Gasteiger partial charge in [-0.2, -0.15) is 0 Å². The molecule has 0 aromatic rings. The fourth-order valence-electron chi connectivity index (χ4n) is 1.64. The third-order valence-electron chi connectivity index (χ3n) is 2.40. The first-order chi connectivity index (χ1) is 5.71. The lowest BCUT2D eigenvalue weighted by atomic mass is 9.75. The zero-order valence-electron chi connectivity index (χ0n) is 6.77. The number of carboxylic acid groups (broad SMARTS) is 1. The molecule has 0 heterocycles. The van der Waals surface area contributed by atoms with Gasteiger partial charge in [-0.25, -0.2) is 0 Å². The van der Waals surface area contributed by atoms with Crippen LogP contribution in [0.15, 0.2) is 0 Å². The summed E-state index contributed by atoms with van der Waals surface area (Å²) in [7, 11) is 0. The van der Waals surface area contributed by atoms with Crippen LogP contribution in [0.4, 0.5) is 0 Å². The van der Waals surface area contributed by atoms with Gasteiger partial charge in [-0.05, 0) is 17.7 Å². The summed E-state index contributed by atoms with van der Waals surface area (Å²) in [6.45, 7) is 0. The van der Waals surface area contributed by atoms with Crippen molar-refractivity contribution in [3.63, 3.8) is 0 Å². The molecule has 66 valence electrons. The van der Waals surface area contributed by atoms with E-state index < -0.39 is 11.4 Å². The monoisotopic (exact) mass is 230 g/mol. The Morgan fingerprint density at radius 1 is 1.33 bits per heavy atom. The first kappa shape index (κ1) is 9.60. The Hall–Kier alpha value is -0.490. The van der Waals surface area contributed by atoms with Gasteiger partial charge in [0, 0.05) is 15.9 Å². The van der Waals surface area contributed by atoms with Gasteiger partial charge in [0.15, 0.2) is 0 Å². The van der Waals surface area contributed by atoms with E-state index in [1.54, 1.807) is 0 Å². The highest BCUT2D eigenvalue weighted by Crippen LogP contribution is 2.35. The van der Waals surface area contributed by atoms with Crippen molar-refractivity contribution in [3.05, 3.63) is 0 Å². The largest absolute Gasteiger partial charge is 0.480 e. The van der Waals surface area contributed by atoms with Crippen LogP contribution < -0.4 is 0 Å². The molecule has 0 bridgehead atoms. The van der Waals surface area contributed by atoms with Crippen molar-refractivity contribution in [1.82, 2.24) is 0 Å². The fourth-order valence-corrected chi connectivity index (χ4v) is 2.02. The predicted octanol–water partition coefficient (Wildman–Crippen LogP) is 2.38. The Balaban J connectivity index is 2.81. The minimum absolute atomic E-state index is 0.695. The van der Waals surface area contributed by atoms with Crippen LogP contribution in [-0.4, -0.2) is 11.1 Å². The van der Waals surface area contributed by atoms with Gasteiger partial charge in [-0.15, -0.1) is 0 Å². The maximum atomic E-state index is 10.9. The summed E-state index contributed by atoms with van der Waals surface area (Å²) < 4.78 is 0. The van der Waals surface area contributed by atoms with E-state index in [1.165, 1.54) is 0 Å². The topological polar surface area (TPSA) is 37.3 Å². The summed E-state index contributed by atoms with van der Waals surface area (Å²) >= 11 is 2.96. The highest BCUT2D eigenvalue weighted by Gasteiger charge is 2.37. The van der Waals surface area contributed by atoms with E-state index in [2.05, 4.69) is 26.7 Å². The first-order valence-electron chi connectivity index (χ1n) is 4.07. The van der Waals surface area contributed by atoms with Gasteiger partial charge in [0.25, 0.3) is 0 Å². The number of hydrogen-bond donors (Lipinski definition) is 1. The summed E-state index contributed by atoms with van der Waals surface area (Å²) in [5, 5.41) is 9.00. The molecule has 1 fully saturated rings. The fraction of sp³-hybridized carbons (Fsp3) is 0.667. The van der Waals surface area contributed by atoms with E-state index in [1.807, 2.05) is 0 Å². The van der Waals surface area contributed by atoms with Crippen molar-refractivity contribution in [1.29, 1.82) is 0 Å². The van der Waals surface area contributed by atoms with Crippen LogP contribution in [-0.2, 0) is 4.79 Å². The molecule has 3 heteroatoms. The van der Waals surface area contributed by atoms with Gasteiger partial charge in [0.1, 0.15) is 5.41 Å². The van der Waals surface area contributed by atoms with Crippen molar-refractivity contribution < 1.29 is 9.90 Å². The molecule has 0 amide bonds. The maximum Gasteiger partial charge on any atom is 0.321 e. The molecule has 1 saturated carbocycles. The second kappa shape index (κ2) is 3.95. The predicted molar refractivity (Wildman–Crippen MR) is 49.9 cm³/mol. The molecule has 2 nitrogen and oxygen atoms in total. The van der Waals surface area contributed by atoms with Gasteiger partial charge >= 0.3 is 5.97 Å². The number of hydrogen-bond acceptors (Lipinski definition) is 1. The zero-order valence-corrected chi connectivity index (χ0v) is 8.35. The molecule has 0 unspecified atom stereocenters. The molecule has 12 heavy (non-hydrogen) atoms. The Morgan fingerprint density at radius 2 is 1.92 bits per heavy atom. The zero-order chi connectivity index (χ0) is 9.03. The first-order valence-corrected chi connectivity index (χ1v) is 4.87. The second-order valence-corrected chi connectivity index (χ2v) is 3.56. The molecule has 1 rings (SSSR count). The average Bonchev–Trinajstić information content (AvgIpc) is 2.06. The molecular formula is C9H11BrO2. The molecule has 1 N–H and O–H groups in total. The van der Waals surface area contributed by atoms with Crippen molar-refractivity contribution in [3.8, 4) is 10.8 Å². The van der Waals surface area contributed by atoms with Crippen LogP contribution in [0, 0.1) is 16.2 Å². The number of halogens is 1. The van der Waals surface area contributed by atoms with E-state index >= 15 is 0 Å². The second-order valence-electron chi connectivity index (χ2n) is 3.17. The highest BCUT2D eigenvalue weighted by atomic mass is 79.9. The standard InChI is InChI=1S/C9H11BrO2/c10-7-6-9(8(11)12)4-2-1-3-5-9/h1-5H2,(H,11,12). The summed E-state index contributed by atoms with van der Waals surface area (Å²) in [6.07, 6.45) is 4.49. The average molecular weight is 231 g/mol. The minimum atomic E-state index is -0.769. The summed E-state index contributed by atoms with van der Waals surface area (Å²) in [5.41, 5.74) is -0.762. The van der Waals surface area contributed by atoms with Gasteiger partial charge < -0.3 is 5.11 Å². The normalized spacial score (nSPS) is 20.8. The van der Waals surface area contributed by atoms with Crippen LogP contribution in [0.25, 0.3) is 0 Å². The third-order valence-corrected chi connectivity index (χ3v) is 2.60. The summed E-state index contributed by atoms with van der Waals surface area (Å²) in [4.78, 5) is 13.5. The van der Waals surface area contributed by atoms with Gasteiger partial charge in [-0.1, -0.05) is 25.2 Å². The lowest BCUT2D eigenvalue weighted by Gasteiger charge is -2.27. The van der Waals surface area contributed by atoms with Crippen molar-refractivity contribution >= 4 is 21.9 Å². The number of rotatable bonds is 1. The van der Waals surface area contributed by atoms with Gasteiger partial charge in [-0.3, -0.25) is 4.79 Å². The Labute approximate surface area is 80.5 Å². The van der Waals surface area contributed by atoms with E-state index in [0.717, 1.165) is 19.3 Å². The molecule has 0 aromatic heterocycles. The molecule has 0 saturated heterocycles. The molecular weight excluding hydrogens is 220 g/mol. The Bertz CT molecular complexity index is 231. The smallest absolute Gasteiger partial charge is 0.321 e. The molecule has 1 aliphatic rings. The van der Waals surface area contributed by atoms with E-state index in [-0.39, 0.29) is 0 Å². The van der Waals surface area contributed by atoms with Crippen LogP contribution in [0.5, 0.6) is 0 Å². The van der Waals surface area contributed by atoms with Crippen LogP contribution in [0.2, 0.25) is 0 Å². The van der Waals surface area contributed by atoms with Crippen molar-refractivity contribution in [2.75, 3.05) is 0 Å². The molecule has 1 aliphatic carbocycles. The number of aliphatic carboxylic acids is 1. The number of carboxylic acids is 1. The molecule has 0 aliphatic heterocycles. The Kier molecular flexibility index (Phi) is 3.16. The molecule has 0 spiro atoms.